The Kier molecular flexibility index (Phi) is 4.41. The smallest absolute Gasteiger partial charge is 0.390 e. The molecule has 0 saturated carbocycles. The van der Waals surface area contributed by atoms with Crippen LogP contribution in [0.4, 0.5) is 13.2 Å². The van der Waals surface area contributed by atoms with Crippen molar-refractivity contribution in [2.24, 2.45) is 0 Å². The molecule has 0 atom stereocenters. The molecule has 15 heavy (non-hydrogen) atoms. The molecule has 0 spiro atoms. The third-order valence-corrected chi connectivity index (χ3v) is 2.77. The van der Waals surface area contributed by atoms with E-state index in [0.717, 1.165) is 9.94 Å². The number of halogens is 3. The SMILES string of the molecule is COc1ccc(CNCCC(F)(F)F)s1. The third kappa shape index (κ3) is 5.03. The second kappa shape index (κ2) is 5.37. The van der Waals surface area contributed by atoms with Gasteiger partial charge in [0.25, 0.3) is 0 Å². The Balaban J connectivity index is 2.20. The Morgan fingerprint density at radius 2 is 2.13 bits per heavy atom. The van der Waals surface area contributed by atoms with Gasteiger partial charge in [0.2, 0.25) is 0 Å². The monoisotopic (exact) mass is 239 g/mol. The molecule has 1 aromatic heterocycles. The van der Waals surface area contributed by atoms with Crippen LogP contribution in [0.2, 0.25) is 0 Å². The minimum Gasteiger partial charge on any atom is -0.487 e. The van der Waals surface area contributed by atoms with E-state index >= 15 is 0 Å². The highest BCUT2D eigenvalue weighted by atomic mass is 32.1. The molecule has 6 heteroatoms. The molecule has 0 fully saturated rings. The Labute approximate surface area is 90.1 Å². The lowest BCUT2D eigenvalue weighted by Crippen LogP contribution is -2.20. The third-order valence-electron chi connectivity index (χ3n) is 1.72. The summed E-state index contributed by atoms with van der Waals surface area (Å²) in [6.07, 6.45) is -4.88. The zero-order chi connectivity index (χ0) is 11.3. The Bertz CT molecular complexity index is 298. The van der Waals surface area contributed by atoms with Gasteiger partial charge in [0, 0.05) is 18.0 Å². The molecular formula is C9H12F3NOS. The highest BCUT2D eigenvalue weighted by Gasteiger charge is 2.25. The molecular weight excluding hydrogens is 227 g/mol. The van der Waals surface area contributed by atoms with Crippen LogP contribution < -0.4 is 10.1 Å². The molecule has 0 aliphatic heterocycles. The highest BCUT2D eigenvalue weighted by Crippen LogP contribution is 2.23. The minimum atomic E-state index is -4.08. The molecule has 1 heterocycles. The molecule has 1 N–H and O–H groups in total. The second-order valence-corrected chi connectivity index (χ2v) is 4.10. The first-order chi connectivity index (χ1) is 7.01. The van der Waals surface area contributed by atoms with E-state index in [1.165, 1.54) is 11.3 Å². The van der Waals surface area contributed by atoms with Crippen LogP contribution in [0, 0.1) is 0 Å². The zero-order valence-corrected chi connectivity index (χ0v) is 9.04. The predicted molar refractivity (Wildman–Crippen MR) is 53.2 cm³/mol. The average Bonchev–Trinajstić information content (AvgIpc) is 2.59. The summed E-state index contributed by atoms with van der Waals surface area (Å²) in [5.74, 6) is 0. The minimum absolute atomic E-state index is 0.0519. The topological polar surface area (TPSA) is 21.3 Å². The van der Waals surface area contributed by atoms with Crippen molar-refractivity contribution in [3.05, 3.63) is 17.0 Å². The van der Waals surface area contributed by atoms with E-state index in [0.29, 0.717) is 6.54 Å². The summed E-state index contributed by atoms with van der Waals surface area (Å²) in [6.45, 7) is 0.397. The molecule has 0 amide bonds. The number of hydrogen-bond donors (Lipinski definition) is 1. The molecule has 0 saturated heterocycles. The van der Waals surface area contributed by atoms with Crippen molar-refractivity contribution >= 4 is 11.3 Å². The standard InChI is InChI=1S/C9H12F3NOS/c1-14-8-3-2-7(15-8)6-13-5-4-9(10,11)12/h2-3,13H,4-6H2,1H3. The van der Waals surface area contributed by atoms with Gasteiger partial charge in [-0.05, 0) is 12.1 Å². The van der Waals surface area contributed by atoms with Crippen molar-refractivity contribution in [2.45, 2.75) is 19.1 Å². The maximum Gasteiger partial charge on any atom is 0.390 e. The Hall–Kier alpha value is -0.750. The van der Waals surface area contributed by atoms with Crippen LogP contribution in [0.3, 0.4) is 0 Å². The Morgan fingerprint density at radius 3 is 2.67 bits per heavy atom. The van der Waals surface area contributed by atoms with Crippen LogP contribution in [-0.4, -0.2) is 19.8 Å². The molecule has 0 aliphatic rings. The van der Waals surface area contributed by atoms with E-state index in [9.17, 15) is 13.2 Å². The largest absolute Gasteiger partial charge is 0.487 e. The molecule has 0 radical (unpaired) electrons. The van der Waals surface area contributed by atoms with Crippen LogP contribution in [0.1, 0.15) is 11.3 Å². The van der Waals surface area contributed by atoms with Crippen LogP contribution in [0.25, 0.3) is 0 Å². The Morgan fingerprint density at radius 1 is 1.40 bits per heavy atom. The summed E-state index contributed by atoms with van der Waals surface area (Å²) in [7, 11) is 1.56. The van der Waals surface area contributed by atoms with Crippen molar-refractivity contribution in [3.63, 3.8) is 0 Å². The lowest BCUT2D eigenvalue weighted by molar-refractivity contribution is -0.133. The lowest BCUT2D eigenvalue weighted by Gasteiger charge is -2.06. The van der Waals surface area contributed by atoms with Gasteiger partial charge in [0.1, 0.15) is 0 Å². The first kappa shape index (κ1) is 12.3. The number of thiophene rings is 1. The van der Waals surface area contributed by atoms with Crippen LogP contribution in [-0.2, 0) is 6.54 Å². The number of hydrogen-bond acceptors (Lipinski definition) is 3. The fraction of sp³-hybridized carbons (Fsp3) is 0.556. The molecule has 0 unspecified atom stereocenters. The van der Waals surface area contributed by atoms with Crippen LogP contribution in [0.15, 0.2) is 12.1 Å². The summed E-state index contributed by atoms with van der Waals surface area (Å²) < 4.78 is 40.3. The molecule has 0 aliphatic carbocycles. The molecule has 1 rings (SSSR count). The highest BCUT2D eigenvalue weighted by molar-refractivity contribution is 7.13. The summed E-state index contributed by atoms with van der Waals surface area (Å²) in [5.41, 5.74) is 0. The zero-order valence-electron chi connectivity index (χ0n) is 8.23. The summed E-state index contributed by atoms with van der Waals surface area (Å²) in [5, 5.41) is 3.50. The number of rotatable bonds is 5. The van der Waals surface area contributed by atoms with Gasteiger partial charge in [0.15, 0.2) is 5.06 Å². The van der Waals surface area contributed by atoms with Crippen LogP contribution in [0.5, 0.6) is 5.06 Å². The fourth-order valence-electron chi connectivity index (χ4n) is 1.00. The van der Waals surface area contributed by atoms with Gasteiger partial charge < -0.3 is 10.1 Å². The maximum atomic E-state index is 11.8. The average molecular weight is 239 g/mol. The van der Waals surface area contributed by atoms with Crippen molar-refractivity contribution in [3.8, 4) is 5.06 Å². The van der Waals surface area contributed by atoms with Crippen molar-refractivity contribution in [1.29, 1.82) is 0 Å². The van der Waals surface area contributed by atoms with Crippen molar-refractivity contribution in [2.75, 3.05) is 13.7 Å². The lowest BCUT2D eigenvalue weighted by atomic mass is 10.4. The van der Waals surface area contributed by atoms with E-state index < -0.39 is 12.6 Å². The predicted octanol–water partition coefficient (Wildman–Crippen LogP) is 2.80. The van der Waals surface area contributed by atoms with Crippen molar-refractivity contribution in [1.82, 2.24) is 5.32 Å². The van der Waals surface area contributed by atoms with Gasteiger partial charge >= 0.3 is 6.18 Å². The molecule has 2 nitrogen and oxygen atoms in total. The first-order valence-electron chi connectivity index (χ1n) is 4.41. The molecule has 86 valence electrons. The van der Waals surface area contributed by atoms with E-state index in [1.807, 2.05) is 6.07 Å². The summed E-state index contributed by atoms with van der Waals surface area (Å²) >= 11 is 1.42. The number of ether oxygens (including phenoxy) is 1. The van der Waals surface area contributed by atoms with E-state index in [4.69, 9.17) is 4.74 Å². The van der Waals surface area contributed by atoms with Crippen LogP contribution >= 0.6 is 11.3 Å². The number of nitrogens with one attached hydrogen (secondary N) is 1. The van der Waals surface area contributed by atoms with Gasteiger partial charge in [-0.15, -0.1) is 11.3 Å². The molecule has 0 bridgehead atoms. The maximum absolute atomic E-state index is 11.8. The fourth-order valence-corrected chi connectivity index (χ4v) is 1.79. The van der Waals surface area contributed by atoms with Crippen molar-refractivity contribution < 1.29 is 17.9 Å². The van der Waals surface area contributed by atoms with Gasteiger partial charge in [0.05, 0.1) is 13.5 Å². The van der Waals surface area contributed by atoms with Gasteiger partial charge in [-0.2, -0.15) is 13.2 Å². The molecule has 0 aromatic carbocycles. The summed E-state index contributed by atoms with van der Waals surface area (Å²) in [4.78, 5) is 0.967. The van der Waals surface area contributed by atoms with Gasteiger partial charge in [-0.25, -0.2) is 0 Å². The van der Waals surface area contributed by atoms with E-state index in [1.54, 1.807) is 13.2 Å². The number of alkyl halides is 3. The summed E-state index contributed by atoms with van der Waals surface area (Å²) in [6, 6.07) is 3.63. The number of methoxy groups -OCH3 is 1. The molecule has 1 aromatic rings. The quantitative estimate of drug-likeness (QED) is 0.798. The van der Waals surface area contributed by atoms with Gasteiger partial charge in [-0.1, -0.05) is 0 Å². The second-order valence-electron chi connectivity index (χ2n) is 2.97. The normalized spacial score (nSPS) is 11.7. The first-order valence-corrected chi connectivity index (χ1v) is 5.23. The van der Waals surface area contributed by atoms with E-state index in [2.05, 4.69) is 5.32 Å². The van der Waals surface area contributed by atoms with Gasteiger partial charge in [-0.3, -0.25) is 0 Å². The van der Waals surface area contributed by atoms with E-state index in [-0.39, 0.29) is 6.54 Å².